The van der Waals surface area contributed by atoms with Gasteiger partial charge in [0, 0.05) is 0 Å². The van der Waals surface area contributed by atoms with Crippen LogP contribution in [0.1, 0.15) is 6.92 Å². The Balaban J connectivity index is 2.53. The highest BCUT2D eigenvalue weighted by Gasteiger charge is 2.39. The highest BCUT2D eigenvalue weighted by atomic mass is 35.5. The molecule has 60 valence electrons. The molecule has 1 rings (SSSR count). The summed E-state index contributed by atoms with van der Waals surface area (Å²) in [6.45, 7) is 1.71. The summed E-state index contributed by atoms with van der Waals surface area (Å²) in [5.41, 5.74) is 0. The lowest BCUT2D eigenvalue weighted by Crippen LogP contribution is -2.32. The van der Waals surface area contributed by atoms with Crippen LogP contribution >= 0.6 is 11.6 Å². The fraction of sp³-hybridized carbons (Fsp3) is 1.00. The van der Waals surface area contributed by atoms with E-state index in [1.807, 2.05) is 0 Å². The molecular weight excluding hydrogens is 156 g/mol. The number of alkyl halides is 1. The van der Waals surface area contributed by atoms with Gasteiger partial charge in [-0.3, -0.25) is 0 Å². The summed E-state index contributed by atoms with van der Waals surface area (Å²) in [6.07, 6.45) is -2.33. The van der Waals surface area contributed by atoms with Crippen molar-refractivity contribution >= 4 is 11.6 Å². The lowest BCUT2D eigenvalue weighted by atomic mass is 10.1. The lowest BCUT2D eigenvalue weighted by molar-refractivity contribution is 0.0297. The molecule has 0 aliphatic carbocycles. The van der Waals surface area contributed by atoms with Crippen LogP contribution in [0, 0.1) is 0 Å². The molecule has 1 aliphatic rings. The molecule has 1 aliphatic heterocycles. The third-order valence-electron chi connectivity index (χ3n) is 1.75. The predicted molar refractivity (Wildman–Crippen MR) is 37.1 cm³/mol. The van der Waals surface area contributed by atoms with E-state index >= 15 is 0 Å². The molecule has 2 N–H and O–H groups in total. The van der Waals surface area contributed by atoms with Crippen LogP contribution in [0.2, 0.25) is 0 Å². The summed E-state index contributed by atoms with van der Waals surface area (Å²) in [4.78, 5) is 0. The number of hydrogen-bond acceptors (Lipinski definition) is 3. The van der Waals surface area contributed by atoms with E-state index in [1.54, 1.807) is 6.92 Å². The van der Waals surface area contributed by atoms with Crippen molar-refractivity contribution in [2.75, 3.05) is 5.88 Å². The van der Waals surface area contributed by atoms with Gasteiger partial charge in [-0.05, 0) is 6.92 Å². The molecule has 1 saturated heterocycles. The average molecular weight is 167 g/mol. The van der Waals surface area contributed by atoms with Crippen molar-refractivity contribution in [3.8, 4) is 0 Å². The van der Waals surface area contributed by atoms with Crippen molar-refractivity contribution in [1.82, 2.24) is 0 Å². The Morgan fingerprint density at radius 1 is 1.40 bits per heavy atom. The molecule has 1 fully saturated rings. The maximum Gasteiger partial charge on any atom is 0.110 e. The van der Waals surface area contributed by atoms with E-state index in [-0.39, 0.29) is 12.0 Å². The first-order valence-corrected chi connectivity index (χ1v) is 3.78. The Kier molecular flexibility index (Phi) is 2.52. The van der Waals surface area contributed by atoms with Gasteiger partial charge >= 0.3 is 0 Å². The van der Waals surface area contributed by atoms with Crippen LogP contribution in [0.15, 0.2) is 0 Å². The fourth-order valence-electron chi connectivity index (χ4n) is 1.06. The largest absolute Gasteiger partial charge is 0.388 e. The summed E-state index contributed by atoms with van der Waals surface area (Å²) in [7, 11) is 0. The monoisotopic (exact) mass is 166 g/mol. The summed E-state index contributed by atoms with van der Waals surface area (Å²) in [6, 6.07) is 0. The maximum atomic E-state index is 9.17. The minimum absolute atomic E-state index is 0.225. The van der Waals surface area contributed by atoms with E-state index in [0.717, 1.165) is 0 Å². The normalized spacial score (nSPS) is 48.0. The topological polar surface area (TPSA) is 49.7 Å². The van der Waals surface area contributed by atoms with Crippen molar-refractivity contribution in [3.05, 3.63) is 0 Å². The Hall–Kier alpha value is 0.170. The number of aliphatic hydroxyl groups is 2. The molecule has 0 aromatic heterocycles. The van der Waals surface area contributed by atoms with E-state index < -0.39 is 18.3 Å². The van der Waals surface area contributed by atoms with Crippen molar-refractivity contribution in [2.45, 2.75) is 31.3 Å². The Morgan fingerprint density at radius 3 is 2.20 bits per heavy atom. The predicted octanol–water partition coefficient (Wildman–Crippen LogP) is -0.266. The van der Waals surface area contributed by atoms with Crippen molar-refractivity contribution in [3.63, 3.8) is 0 Å². The Bertz CT molecular complexity index is 120. The number of rotatable bonds is 1. The second-order valence-electron chi connectivity index (χ2n) is 2.52. The second kappa shape index (κ2) is 3.05. The van der Waals surface area contributed by atoms with Crippen LogP contribution in [-0.2, 0) is 4.74 Å². The molecule has 0 radical (unpaired) electrons. The molecule has 0 aromatic rings. The zero-order chi connectivity index (χ0) is 7.72. The standard InChI is InChI=1S/C6H11ClO3/c1-3-5(8)6(9)4(2-7)10-3/h3-6,8-9H,2H2,1H3/t3-,4+,5?,6?/m0/s1. The molecule has 4 atom stereocenters. The van der Waals surface area contributed by atoms with Crippen molar-refractivity contribution in [1.29, 1.82) is 0 Å². The molecular formula is C6H11ClO3. The molecule has 0 saturated carbocycles. The number of halogens is 1. The van der Waals surface area contributed by atoms with Gasteiger partial charge in [0.15, 0.2) is 0 Å². The van der Waals surface area contributed by atoms with Crippen LogP contribution < -0.4 is 0 Å². The van der Waals surface area contributed by atoms with E-state index in [2.05, 4.69) is 0 Å². The first-order valence-electron chi connectivity index (χ1n) is 3.24. The second-order valence-corrected chi connectivity index (χ2v) is 2.82. The van der Waals surface area contributed by atoms with Gasteiger partial charge in [0.05, 0.1) is 18.1 Å². The van der Waals surface area contributed by atoms with Crippen LogP contribution in [0.5, 0.6) is 0 Å². The smallest absolute Gasteiger partial charge is 0.110 e. The van der Waals surface area contributed by atoms with E-state index in [9.17, 15) is 0 Å². The Morgan fingerprint density at radius 2 is 2.00 bits per heavy atom. The molecule has 0 aromatic carbocycles. The summed E-state index contributed by atoms with van der Waals surface area (Å²) < 4.78 is 5.10. The van der Waals surface area contributed by atoms with Crippen LogP contribution in [0.25, 0.3) is 0 Å². The number of aliphatic hydroxyl groups excluding tert-OH is 2. The van der Waals surface area contributed by atoms with Gasteiger partial charge in [0.25, 0.3) is 0 Å². The molecule has 0 spiro atoms. The quantitative estimate of drug-likeness (QED) is 0.528. The highest BCUT2D eigenvalue weighted by molar-refractivity contribution is 6.18. The highest BCUT2D eigenvalue weighted by Crippen LogP contribution is 2.21. The fourth-order valence-corrected chi connectivity index (χ4v) is 1.32. The van der Waals surface area contributed by atoms with Gasteiger partial charge in [-0.15, -0.1) is 11.6 Å². The van der Waals surface area contributed by atoms with Gasteiger partial charge < -0.3 is 14.9 Å². The van der Waals surface area contributed by atoms with Gasteiger partial charge in [-0.2, -0.15) is 0 Å². The van der Waals surface area contributed by atoms with Crippen molar-refractivity contribution in [2.24, 2.45) is 0 Å². The SMILES string of the molecule is C[C@@H]1O[C@H](CCl)C(O)C1O. The number of hydrogen-bond donors (Lipinski definition) is 2. The molecule has 1 heterocycles. The van der Waals surface area contributed by atoms with Crippen LogP contribution in [0.4, 0.5) is 0 Å². The summed E-state index contributed by atoms with van der Waals surface area (Å²) in [5, 5.41) is 18.3. The first-order chi connectivity index (χ1) is 4.66. The zero-order valence-electron chi connectivity index (χ0n) is 5.70. The van der Waals surface area contributed by atoms with Crippen LogP contribution in [-0.4, -0.2) is 40.5 Å². The third-order valence-corrected chi connectivity index (χ3v) is 2.06. The maximum absolute atomic E-state index is 9.17. The van der Waals surface area contributed by atoms with E-state index in [0.29, 0.717) is 0 Å². The summed E-state index contributed by atoms with van der Waals surface area (Å²) >= 11 is 5.44. The van der Waals surface area contributed by atoms with Gasteiger partial charge in [0.2, 0.25) is 0 Å². The molecule has 4 heteroatoms. The Labute approximate surface area is 64.6 Å². The molecule has 0 bridgehead atoms. The molecule has 3 nitrogen and oxygen atoms in total. The lowest BCUT2D eigenvalue weighted by Gasteiger charge is -2.10. The van der Waals surface area contributed by atoms with E-state index in [1.165, 1.54) is 0 Å². The number of ether oxygens (including phenoxy) is 1. The van der Waals surface area contributed by atoms with Gasteiger partial charge in [0.1, 0.15) is 12.2 Å². The third kappa shape index (κ3) is 1.27. The first kappa shape index (κ1) is 8.27. The van der Waals surface area contributed by atoms with Gasteiger partial charge in [-0.25, -0.2) is 0 Å². The molecule has 2 unspecified atom stereocenters. The van der Waals surface area contributed by atoms with Crippen LogP contribution in [0.3, 0.4) is 0 Å². The minimum Gasteiger partial charge on any atom is -0.388 e. The van der Waals surface area contributed by atoms with E-state index in [4.69, 9.17) is 26.6 Å². The molecule has 0 amide bonds. The molecule has 10 heavy (non-hydrogen) atoms. The van der Waals surface area contributed by atoms with Gasteiger partial charge in [-0.1, -0.05) is 0 Å². The minimum atomic E-state index is -0.826. The summed E-state index contributed by atoms with van der Waals surface area (Å²) in [5.74, 6) is 0.225. The average Bonchev–Trinajstić information content (AvgIpc) is 2.17. The zero-order valence-corrected chi connectivity index (χ0v) is 6.45. The van der Waals surface area contributed by atoms with Crippen molar-refractivity contribution < 1.29 is 14.9 Å².